The summed E-state index contributed by atoms with van der Waals surface area (Å²) in [5, 5.41) is 0.877. The highest BCUT2D eigenvalue weighted by molar-refractivity contribution is 6.43. The molecule has 0 unspecified atom stereocenters. The Morgan fingerprint density at radius 2 is 1.80 bits per heavy atom. The second-order valence-corrected chi connectivity index (χ2v) is 6.00. The number of hydrogen-bond acceptors (Lipinski definition) is 3. The number of ether oxygens (including phenoxy) is 1. The molecule has 0 saturated heterocycles. The molecular formula is C20H14Cl2O3. The van der Waals surface area contributed by atoms with Crippen molar-refractivity contribution < 1.29 is 13.9 Å². The first-order valence-corrected chi connectivity index (χ1v) is 8.32. The lowest BCUT2D eigenvalue weighted by molar-refractivity contribution is -0.139. The first-order valence-electron chi connectivity index (χ1n) is 7.56. The smallest absolute Gasteiger partial charge is 0.331 e. The molecule has 126 valence electrons. The van der Waals surface area contributed by atoms with E-state index in [1.54, 1.807) is 30.3 Å². The number of rotatable bonds is 5. The molecule has 1 heterocycles. The minimum absolute atomic E-state index is 0.0378. The van der Waals surface area contributed by atoms with E-state index in [2.05, 4.69) is 0 Å². The molecular weight excluding hydrogens is 359 g/mol. The van der Waals surface area contributed by atoms with Crippen LogP contribution in [0.3, 0.4) is 0 Å². The molecule has 1 aromatic heterocycles. The number of hydrogen-bond donors (Lipinski definition) is 0. The highest BCUT2D eigenvalue weighted by Gasteiger charge is 2.11. The van der Waals surface area contributed by atoms with Crippen molar-refractivity contribution in [1.29, 1.82) is 0 Å². The number of furan rings is 1. The summed E-state index contributed by atoms with van der Waals surface area (Å²) in [4.78, 5) is 11.8. The average molecular weight is 373 g/mol. The van der Waals surface area contributed by atoms with Gasteiger partial charge in [0.05, 0.1) is 10.0 Å². The van der Waals surface area contributed by atoms with Gasteiger partial charge in [0.2, 0.25) is 0 Å². The van der Waals surface area contributed by atoms with Crippen molar-refractivity contribution in [3.05, 3.63) is 88.1 Å². The van der Waals surface area contributed by atoms with Crippen molar-refractivity contribution in [3.8, 4) is 11.3 Å². The molecule has 5 heteroatoms. The van der Waals surface area contributed by atoms with Crippen molar-refractivity contribution >= 4 is 35.2 Å². The third-order valence-corrected chi connectivity index (χ3v) is 4.27. The van der Waals surface area contributed by atoms with E-state index in [1.165, 1.54) is 6.08 Å². The SMILES string of the molecule is O=C(/C=C/c1ccccc1)OCc1ccc(-c2cccc(Cl)c2Cl)o1. The fourth-order valence-corrected chi connectivity index (χ4v) is 2.61. The molecule has 0 aliphatic heterocycles. The average Bonchev–Trinajstić information content (AvgIpc) is 3.10. The summed E-state index contributed by atoms with van der Waals surface area (Å²) in [6.45, 7) is 0.0378. The van der Waals surface area contributed by atoms with Crippen LogP contribution in [0.5, 0.6) is 0 Å². The lowest BCUT2D eigenvalue weighted by atomic mass is 10.2. The van der Waals surface area contributed by atoms with Crippen LogP contribution in [0.1, 0.15) is 11.3 Å². The van der Waals surface area contributed by atoms with Gasteiger partial charge in [0, 0.05) is 11.6 Å². The third kappa shape index (κ3) is 4.53. The number of halogens is 2. The van der Waals surface area contributed by atoms with Crippen molar-refractivity contribution in [3.63, 3.8) is 0 Å². The first kappa shape index (κ1) is 17.3. The maximum Gasteiger partial charge on any atom is 0.331 e. The Morgan fingerprint density at radius 3 is 2.60 bits per heavy atom. The topological polar surface area (TPSA) is 39.4 Å². The van der Waals surface area contributed by atoms with E-state index in [-0.39, 0.29) is 6.61 Å². The zero-order valence-electron chi connectivity index (χ0n) is 13.1. The molecule has 0 bridgehead atoms. The normalized spacial score (nSPS) is 11.0. The van der Waals surface area contributed by atoms with Crippen LogP contribution in [0.2, 0.25) is 10.0 Å². The molecule has 0 fully saturated rings. The standard InChI is InChI=1S/C20H14Cl2O3/c21-17-8-4-7-16(20(17)22)18-11-10-15(25-18)13-24-19(23)12-9-14-5-2-1-3-6-14/h1-12H,13H2/b12-9+. The summed E-state index contributed by atoms with van der Waals surface area (Å²) in [7, 11) is 0. The minimum Gasteiger partial charge on any atom is -0.457 e. The van der Waals surface area contributed by atoms with Crippen molar-refractivity contribution in [1.82, 2.24) is 0 Å². The number of benzene rings is 2. The molecule has 0 amide bonds. The summed E-state index contributed by atoms with van der Waals surface area (Å²) < 4.78 is 10.8. The lowest BCUT2D eigenvalue weighted by Crippen LogP contribution is -1.99. The van der Waals surface area contributed by atoms with Crippen LogP contribution in [0, 0.1) is 0 Å². The molecule has 0 aliphatic rings. The Labute approximate surface area is 155 Å². The predicted molar refractivity (Wildman–Crippen MR) is 99.4 cm³/mol. The van der Waals surface area contributed by atoms with Crippen molar-refractivity contribution in [2.24, 2.45) is 0 Å². The van der Waals surface area contributed by atoms with Gasteiger partial charge in [-0.2, -0.15) is 0 Å². The molecule has 3 aromatic rings. The van der Waals surface area contributed by atoms with Crippen LogP contribution in [0.25, 0.3) is 17.4 Å². The molecule has 0 aliphatic carbocycles. The van der Waals surface area contributed by atoms with E-state index in [0.29, 0.717) is 27.1 Å². The largest absolute Gasteiger partial charge is 0.457 e. The third-order valence-electron chi connectivity index (χ3n) is 3.45. The summed E-state index contributed by atoms with van der Waals surface area (Å²) in [6.07, 6.45) is 3.08. The first-order chi connectivity index (χ1) is 12.1. The van der Waals surface area contributed by atoms with E-state index < -0.39 is 5.97 Å². The zero-order valence-corrected chi connectivity index (χ0v) is 14.6. The molecule has 2 aromatic carbocycles. The predicted octanol–water partition coefficient (Wildman–Crippen LogP) is 6.01. The van der Waals surface area contributed by atoms with Crippen LogP contribution in [-0.2, 0) is 16.1 Å². The van der Waals surface area contributed by atoms with E-state index in [4.69, 9.17) is 32.4 Å². The van der Waals surface area contributed by atoms with Crippen molar-refractivity contribution in [2.75, 3.05) is 0 Å². The van der Waals surface area contributed by atoms with Crippen molar-refractivity contribution in [2.45, 2.75) is 6.61 Å². The lowest BCUT2D eigenvalue weighted by Gasteiger charge is -2.03. The van der Waals surface area contributed by atoms with Gasteiger partial charge in [0.25, 0.3) is 0 Å². The Hall–Kier alpha value is -2.49. The van der Waals surface area contributed by atoms with Crippen LogP contribution in [0.15, 0.2) is 71.2 Å². The Bertz CT molecular complexity index is 898. The van der Waals surface area contributed by atoms with Crippen LogP contribution in [-0.4, -0.2) is 5.97 Å². The Morgan fingerprint density at radius 1 is 1.00 bits per heavy atom. The van der Waals surface area contributed by atoms with E-state index in [9.17, 15) is 4.79 Å². The molecule has 25 heavy (non-hydrogen) atoms. The quantitative estimate of drug-likeness (QED) is 0.406. The molecule has 3 rings (SSSR count). The zero-order chi connectivity index (χ0) is 17.6. The van der Waals surface area contributed by atoms with Crippen LogP contribution < -0.4 is 0 Å². The Balaban J connectivity index is 1.61. The second kappa shape index (κ2) is 8.06. The van der Waals surface area contributed by atoms with Crippen LogP contribution in [0.4, 0.5) is 0 Å². The van der Waals surface area contributed by atoms with Gasteiger partial charge in [-0.15, -0.1) is 0 Å². The van der Waals surface area contributed by atoms with E-state index in [1.807, 2.05) is 36.4 Å². The van der Waals surface area contributed by atoms with Gasteiger partial charge in [-0.05, 0) is 35.9 Å². The van der Waals surface area contributed by atoms with Gasteiger partial charge in [0.1, 0.15) is 18.1 Å². The van der Waals surface area contributed by atoms with Gasteiger partial charge in [0.15, 0.2) is 0 Å². The minimum atomic E-state index is -0.442. The molecule has 0 atom stereocenters. The second-order valence-electron chi connectivity index (χ2n) is 5.22. The summed E-state index contributed by atoms with van der Waals surface area (Å²) in [5.41, 5.74) is 1.62. The van der Waals surface area contributed by atoms with Crippen LogP contribution >= 0.6 is 23.2 Å². The molecule has 0 saturated carbocycles. The number of esters is 1. The summed E-state index contributed by atoms with van der Waals surface area (Å²) in [6, 6.07) is 18.3. The van der Waals surface area contributed by atoms with Gasteiger partial charge >= 0.3 is 5.97 Å². The maximum absolute atomic E-state index is 11.8. The van der Waals surface area contributed by atoms with E-state index in [0.717, 1.165) is 5.56 Å². The van der Waals surface area contributed by atoms with Gasteiger partial charge in [-0.3, -0.25) is 0 Å². The molecule has 0 spiro atoms. The maximum atomic E-state index is 11.8. The fourth-order valence-electron chi connectivity index (χ4n) is 2.21. The molecule has 3 nitrogen and oxygen atoms in total. The van der Waals surface area contributed by atoms with Gasteiger partial charge in [-0.25, -0.2) is 4.79 Å². The molecule has 0 N–H and O–H groups in total. The summed E-state index contributed by atoms with van der Waals surface area (Å²) >= 11 is 12.2. The van der Waals surface area contributed by atoms with Gasteiger partial charge < -0.3 is 9.15 Å². The van der Waals surface area contributed by atoms with Gasteiger partial charge in [-0.1, -0.05) is 59.6 Å². The number of carbonyl (C=O) groups is 1. The number of carbonyl (C=O) groups excluding carboxylic acids is 1. The molecule has 0 radical (unpaired) electrons. The monoisotopic (exact) mass is 372 g/mol. The van der Waals surface area contributed by atoms with E-state index >= 15 is 0 Å². The highest BCUT2D eigenvalue weighted by Crippen LogP contribution is 2.34. The highest BCUT2D eigenvalue weighted by atomic mass is 35.5. The summed E-state index contributed by atoms with van der Waals surface area (Å²) in [5.74, 6) is 0.647. The Kier molecular flexibility index (Phi) is 5.59. The fraction of sp³-hybridized carbons (Fsp3) is 0.0500.